The smallest absolute Gasteiger partial charge is 0.416 e. The van der Waals surface area contributed by atoms with E-state index in [9.17, 15) is 13.2 Å². The van der Waals surface area contributed by atoms with Gasteiger partial charge >= 0.3 is 6.18 Å². The number of benzene rings is 1. The SMILES string of the molecule is C=CN(N=C)/C(=C\CC(=C/C=C\C)/C=C/C1(NCCOC(C)(C)C)COC1)COc1ccc(C(F)(F)F)cc1C.CO. The van der Waals surface area contributed by atoms with E-state index < -0.39 is 11.7 Å². The van der Waals surface area contributed by atoms with Gasteiger partial charge in [-0.05, 0) is 70.4 Å². The van der Waals surface area contributed by atoms with E-state index in [1.54, 1.807) is 6.92 Å². The van der Waals surface area contributed by atoms with Gasteiger partial charge in [-0.2, -0.15) is 18.3 Å². The molecule has 1 saturated heterocycles. The minimum absolute atomic E-state index is 0.0605. The molecule has 0 aliphatic carbocycles. The molecule has 0 unspecified atom stereocenters. The summed E-state index contributed by atoms with van der Waals surface area (Å²) in [5.74, 6) is 0.352. The lowest BCUT2D eigenvalue weighted by atomic mass is 9.95. The zero-order chi connectivity index (χ0) is 31.8. The molecule has 42 heavy (non-hydrogen) atoms. The largest absolute Gasteiger partial charge is 0.487 e. The summed E-state index contributed by atoms with van der Waals surface area (Å²) in [7, 11) is 1.00. The third-order valence-electron chi connectivity index (χ3n) is 6.02. The second-order valence-electron chi connectivity index (χ2n) is 10.5. The van der Waals surface area contributed by atoms with Gasteiger partial charge in [0.25, 0.3) is 0 Å². The standard InChI is InChI=1S/C31H42F3N3O3.CH4O/c1-8-10-11-25(16-17-30(22-38-23-30)36-18-19-40-29(4,5)6)12-14-27(37(9-2)35-7)21-39-28-15-13-26(20-24(28)3)31(32,33)34;1-2/h8-11,13-17,20,36H,2,7,12,18-19,21-23H2,1,3-6H3;2H,1H3/b10-8-,17-16+,25-11-,27-14-;. The molecule has 1 fully saturated rings. The van der Waals surface area contributed by atoms with Crippen LogP contribution in [0.15, 0.2) is 83.8 Å². The van der Waals surface area contributed by atoms with Crippen LogP contribution in [-0.4, -0.2) is 68.1 Å². The first kappa shape index (κ1) is 36.8. The summed E-state index contributed by atoms with van der Waals surface area (Å²) in [5.41, 5.74) is 0.876. The van der Waals surface area contributed by atoms with Crippen molar-refractivity contribution in [2.75, 3.05) is 40.1 Å². The number of nitrogens with one attached hydrogen (secondary N) is 1. The Morgan fingerprint density at radius 3 is 2.43 bits per heavy atom. The maximum Gasteiger partial charge on any atom is 0.416 e. The van der Waals surface area contributed by atoms with Crippen LogP contribution in [-0.2, 0) is 15.7 Å². The molecule has 10 heteroatoms. The van der Waals surface area contributed by atoms with Crippen molar-refractivity contribution in [1.29, 1.82) is 0 Å². The Hall–Kier alpha value is -3.18. The predicted octanol–water partition coefficient (Wildman–Crippen LogP) is 6.57. The first-order valence-corrected chi connectivity index (χ1v) is 13.6. The number of aryl methyl sites for hydroxylation is 1. The fourth-order valence-electron chi connectivity index (χ4n) is 3.77. The lowest BCUT2D eigenvalue weighted by molar-refractivity contribution is -0.137. The highest BCUT2D eigenvalue weighted by Gasteiger charge is 2.35. The average molecular weight is 594 g/mol. The predicted molar refractivity (Wildman–Crippen MR) is 163 cm³/mol. The molecule has 1 aromatic rings. The van der Waals surface area contributed by atoms with E-state index in [0.717, 1.165) is 24.8 Å². The van der Waals surface area contributed by atoms with E-state index in [1.807, 2.05) is 52.0 Å². The summed E-state index contributed by atoms with van der Waals surface area (Å²) in [6, 6.07) is 3.41. The van der Waals surface area contributed by atoms with Crippen LogP contribution in [0.3, 0.4) is 0 Å². The Balaban J connectivity index is 0.00000431. The average Bonchev–Trinajstić information content (AvgIpc) is 2.91. The second kappa shape index (κ2) is 17.7. The molecule has 1 heterocycles. The summed E-state index contributed by atoms with van der Waals surface area (Å²) < 4.78 is 56.3. The van der Waals surface area contributed by atoms with Crippen molar-refractivity contribution in [3.8, 4) is 5.75 Å². The van der Waals surface area contributed by atoms with Gasteiger partial charge < -0.3 is 24.6 Å². The normalized spacial score (nSPS) is 15.7. The Kier molecular flexibility index (Phi) is 15.5. The molecule has 0 saturated carbocycles. The van der Waals surface area contributed by atoms with E-state index in [0.29, 0.717) is 49.8 Å². The van der Waals surface area contributed by atoms with Crippen LogP contribution in [0.4, 0.5) is 13.2 Å². The summed E-state index contributed by atoms with van der Waals surface area (Å²) in [4.78, 5) is 0. The molecule has 0 atom stereocenters. The van der Waals surface area contributed by atoms with Crippen molar-refractivity contribution in [3.05, 3.63) is 89.8 Å². The number of aliphatic hydroxyl groups excluding tert-OH is 1. The van der Waals surface area contributed by atoms with Crippen molar-refractivity contribution in [2.24, 2.45) is 5.10 Å². The van der Waals surface area contributed by atoms with E-state index in [2.05, 4.69) is 35.9 Å². The number of alkyl halides is 3. The molecule has 0 spiro atoms. The van der Waals surface area contributed by atoms with Crippen LogP contribution in [0.25, 0.3) is 0 Å². The molecule has 0 aromatic heterocycles. The lowest BCUT2D eigenvalue weighted by Gasteiger charge is -2.40. The van der Waals surface area contributed by atoms with Crippen LogP contribution in [0.2, 0.25) is 0 Å². The van der Waals surface area contributed by atoms with Crippen molar-refractivity contribution in [3.63, 3.8) is 0 Å². The maximum absolute atomic E-state index is 13.0. The summed E-state index contributed by atoms with van der Waals surface area (Å²) in [6.07, 6.45) is 9.66. The van der Waals surface area contributed by atoms with Gasteiger partial charge in [-0.3, -0.25) is 0 Å². The molecule has 0 amide bonds. The highest BCUT2D eigenvalue weighted by Crippen LogP contribution is 2.32. The number of hydrogen-bond donors (Lipinski definition) is 2. The van der Waals surface area contributed by atoms with Gasteiger partial charge in [0.1, 0.15) is 12.4 Å². The maximum atomic E-state index is 13.0. The van der Waals surface area contributed by atoms with E-state index >= 15 is 0 Å². The molecule has 0 radical (unpaired) electrons. The highest BCUT2D eigenvalue weighted by molar-refractivity contribution is 5.38. The van der Waals surface area contributed by atoms with E-state index in [1.165, 1.54) is 17.3 Å². The van der Waals surface area contributed by atoms with Crippen LogP contribution < -0.4 is 10.1 Å². The monoisotopic (exact) mass is 593 g/mol. The number of nitrogens with zero attached hydrogens (tertiary/aromatic N) is 2. The summed E-state index contributed by atoms with van der Waals surface area (Å²) >= 11 is 0. The molecule has 2 N–H and O–H groups in total. The lowest BCUT2D eigenvalue weighted by Crippen LogP contribution is -2.59. The Bertz CT molecular complexity index is 1110. The van der Waals surface area contributed by atoms with Crippen molar-refractivity contribution in [2.45, 2.75) is 58.4 Å². The van der Waals surface area contributed by atoms with E-state index in [4.69, 9.17) is 19.3 Å². The molecular weight excluding hydrogens is 547 g/mol. The first-order chi connectivity index (χ1) is 19.8. The first-order valence-electron chi connectivity index (χ1n) is 13.6. The fraction of sp³-hybridized carbons (Fsp3) is 0.469. The fourth-order valence-corrected chi connectivity index (χ4v) is 3.77. The number of hydrazone groups is 1. The van der Waals surface area contributed by atoms with Crippen molar-refractivity contribution < 1.29 is 32.5 Å². The van der Waals surface area contributed by atoms with Gasteiger partial charge in [-0.1, -0.05) is 43.0 Å². The summed E-state index contributed by atoms with van der Waals surface area (Å²) in [5, 5.41) is 16.0. The number of rotatable bonds is 15. The van der Waals surface area contributed by atoms with E-state index in [-0.39, 0.29) is 17.7 Å². The molecular formula is C32H46F3N3O4. The Morgan fingerprint density at radius 1 is 1.24 bits per heavy atom. The quantitative estimate of drug-likeness (QED) is 0.104. The molecule has 2 rings (SSSR count). The summed E-state index contributed by atoms with van der Waals surface area (Å²) in [6.45, 7) is 19.5. The van der Waals surface area contributed by atoms with Gasteiger partial charge in [0.2, 0.25) is 0 Å². The van der Waals surface area contributed by atoms with Crippen LogP contribution >= 0.6 is 0 Å². The zero-order valence-corrected chi connectivity index (χ0v) is 25.6. The van der Waals surface area contributed by atoms with Crippen LogP contribution in [0, 0.1) is 6.92 Å². The minimum Gasteiger partial charge on any atom is -0.487 e. The Morgan fingerprint density at radius 2 is 1.93 bits per heavy atom. The molecule has 7 nitrogen and oxygen atoms in total. The van der Waals surface area contributed by atoms with Crippen LogP contribution in [0.5, 0.6) is 5.75 Å². The number of halogens is 3. The number of hydrogen-bond acceptors (Lipinski definition) is 7. The van der Waals surface area contributed by atoms with Gasteiger partial charge in [-0.15, -0.1) is 0 Å². The van der Waals surface area contributed by atoms with Crippen molar-refractivity contribution >= 4 is 6.72 Å². The van der Waals surface area contributed by atoms with Gasteiger partial charge in [0.15, 0.2) is 0 Å². The number of aliphatic hydroxyl groups is 1. The topological polar surface area (TPSA) is 75.6 Å². The second-order valence-corrected chi connectivity index (χ2v) is 10.5. The van der Waals surface area contributed by atoms with Gasteiger partial charge in [0.05, 0.1) is 42.2 Å². The van der Waals surface area contributed by atoms with Crippen molar-refractivity contribution in [1.82, 2.24) is 10.3 Å². The van der Waals surface area contributed by atoms with Gasteiger partial charge in [-0.25, -0.2) is 5.01 Å². The molecule has 1 aliphatic heterocycles. The number of ether oxygens (including phenoxy) is 3. The van der Waals surface area contributed by atoms with Crippen LogP contribution in [0.1, 0.15) is 45.2 Å². The third-order valence-corrected chi connectivity index (χ3v) is 6.02. The third kappa shape index (κ3) is 12.8. The highest BCUT2D eigenvalue weighted by atomic mass is 19.4. The minimum atomic E-state index is -4.41. The zero-order valence-electron chi connectivity index (χ0n) is 25.6. The molecule has 0 bridgehead atoms. The molecule has 1 aromatic carbocycles. The molecule has 234 valence electrons. The molecule has 1 aliphatic rings. The van der Waals surface area contributed by atoms with Gasteiger partial charge in [0, 0.05) is 26.6 Å². The number of allylic oxidation sites excluding steroid dienone is 6. The Labute approximate surface area is 248 Å².